The Hall–Kier alpha value is -2.64. The third-order valence-electron chi connectivity index (χ3n) is 3.54. The summed E-state index contributed by atoms with van der Waals surface area (Å²) in [5, 5.41) is 5.42. The lowest BCUT2D eigenvalue weighted by molar-refractivity contribution is -0.121. The molecule has 1 aromatic heterocycles. The Morgan fingerprint density at radius 2 is 1.96 bits per heavy atom. The van der Waals surface area contributed by atoms with E-state index >= 15 is 0 Å². The number of anilines is 1. The Morgan fingerprint density at radius 3 is 2.68 bits per heavy atom. The topological polar surface area (TPSA) is 119 Å². The predicted molar refractivity (Wildman–Crippen MR) is 97.8 cm³/mol. The SMILES string of the molecule is CCCCCCC(=O)NCCNC(=O)/C=C/n1cc(C)c(=O)nc1N. The summed E-state index contributed by atoms with van der Waals surface area (Å²) in [5.41, 5.74) is 5.65. The van der Waals surface area contributed by atoms with E-state index in [1.54, 1.807) is 6.92 Å². The zero-order chi connectivity index (χ0) is 18.7. The van der Waals surface area contributed by atoms with Crippen LogP contribution in [-0.4, -0.2) is 34.5 Å². The number of carbonyl (C=O) groups is 2. The van der Waals surface area contributed by atoms with E-state index in [9.17, 15) is 14.4 Å². The maximum atomic E-state index is 11.7. The number of rotatable bonds is 10. The van der Waals surface area contributed by atoms with E-state index in [4.69, 9.17) is 5.73 Å². The molecule has 4 N–H and O–H groups in total. The standard InChI is InChI=1S/C17H27N5O3/c1-3-4-5-6-7-14(23)19-9-10-20-15(24)8-11-22-12-13(2)16(25)21-17(22)18/h8,11-12H,3-7,9-10H2,1-2H3,(H,19,23)(H,20,24)(H2,18,21,25)/b11-8+. The Balaban J connectivity index is 2.28. The van der Waals surface area contributed by atoms with E-state index in [2.05, 4.69) is 22.5 Å². The van der Waals surface area contributed by atoms with Crippen LogP contribution in [0.5, 0.6) is 0 Å². The van der Waals surface area contributed by atoms with Crippen molar-refractivity contribution in [2.75, 3.05) is 18.8 Å². The van der Waals surface area contributed by atoms with Gasteiger partial charge in [-0.1, -0.05) is 26.2 Å². The highest BCUT2D eigenvalue weighted by molar-refractivity contribution is 5.90. The molecule has 8 heteroatoms. The normalized spacial score (nSPS) is 10.8. The number of aryl methyl sites for hydroxylation is 1. The highest BCUT2D eigenvalue weighted by Crippen LogP contribution is 2.01. The van der Waals surface area contributed by atoms with Crippen molar-refractivity contribution < 1.29 is 9.59 Å². The number of aromatic nitrogens is 2. The largest absolute Gasteiger partial charge is 0.369 e. The van der Waals surface area contributed by atoms with Crippen molar-refractivity contribution >= 4 is 24.0 Å². The van der Waals surface area contributed by atoms with Crippen molar-refractivity contribution in [1.82, 2.24) is 20.2 Å². The van der Waals surface area contributed by atoms with Gasteiger partial charge in [0.25, 0.3) is 5.56 Å². The number of hydrogen-bond donors (Lipinski definition) is 3. The monoisotopic (exact) mass is 349 g/mol. The van der Waals surface area contributed by atoms with Crippen LogP contribution in [0.3, 0.4) is 0 Å². The second-order valence-corrected chi connectivity index (χ2v) is 5.76. The fourth-order valence-electron chi connectivity index (χ4n) is 2.09. The fraction of sp³-hybridized carbons (Fsp3) is 0.529. The molecule has 0 fully saturated rings. The third kappa shape index (κ3) is 8.14. The molecule has 138 valence electrons. The molecule has 0 saturated heterocycles. The van der Waals surface area contributed by atoms with Crippen LogP contribution in [0.4, 0.5) is 5.95 Å². The van der Waals surface area contributed by atoms with Crippen LogP contribution in [0.25, 0.3) is 6.20 Å². The molecular weight excluding hydrogens is 322 g/mol. The summed E-state index contributed by atoms with van der Waals surface area (Å²) in [7, 11) is 0. The number of carbonyl (C=O) groups excluding carboxylic acids is 2. The van der Waals surface area contributed by atoms with Gasteiger partial charge in [0.05, 0.1) is 0 Å². The summed E-state index contributed by atoms with van der Waals surface area (Å²) in [6.45, 7) is 4.46. The minimum atomic E-state index is -0.392. The van der Waals surface area contributed by atoms with Crippen LogP contribution in [-0.2, 0) is 9.59 Å². The molecular formula is C17H27N5O3. The molecule has 0 spiro atoms. The summed E-state index contributed by atoms with van der Waals surface area (Å²) in [4.78, 5) is 38.2. The second kappa shape index (κ2) is 11.0. The fourth-order valence-corrected chi connectivity index (χ4v) is 2.09. The summed E-state index contributed by atoms with van der Waals surface area (Å²) in [6, 6.07) is 0. The van der Waals surface area contributed by atoms with E-state index < -0.39 is 5.56 Å². The first-order valence-corrected chi connectivity index (χ1v) is 8.52. The Morgan fingerprint density at radius 1 is 1.24 bits per heavy atom. The molecule has 0 radical (unpaired) electrons. The van der Waals surface area contributed by atoms with Crippen LogP contribution in [0.2, 0.25) is 0 Å². The molecule has 0 unspecified atom stereocenters. The van der Waals surface area contributed by atoms with Crippen molar-refractivity contribution in [3.63, 3.8) is 0 Å². The molecule has 1 rings (SSSR count). The lowest BCUT2D eigenvalue weighted by atomic mass is 10.1. The van der Waals surface area contributed by atoms with E-state index in [0.717, 1.165) is 25.7 Å². The van der Waals surface area contributed by atoms with Crippen LogP contribution in [0.15, 0.2) is 17.1 Å². The Bertz CT molecular complexity index is 667. The average molecular weight is 349 g/mol. The molecule has 0 aliphatic rings. The molecule has 0 saturated carbocycles. The highest BCUT2D eigenvalue weighted by atomic mass is 16.2. The number of hydrogen-bond acceptors (Lipinski definition) is 5. The van der Waals surface area contributed by atoms with Crippen LogP contribution in [0.1, 0.15) is 44.6 Å². The second-order valence-electron chi connectivity index (χ2n) is 5.76. The molecule has 0 aromatic carbocycles. The maximum Gasteiger partial charge on any atom is 0.277 e. The molecule has 0 bridgehead atoms. The van der Waals surface area contributed by atoms with Gasteiger partial charge < -0.3 is 16.4 Å². The first-order valence-electron chi connectivity index (χ1n) is 8.52. The molecule has 2 amide bonds. The first-order chi connectivity index (χ1) is 11.9. The van der Waals surface area contributed by atoms with Gasteiger partial charge in [-0.25, -0.2) is 0 Å². The number of nitrogen functional groups attached to an aromatic ring is 1. The molecule has 8 nitrogen and oxygen atoms in total. The zero-order valence-electron chi connectivity index (χ0n) is 14.9. The minimum absolute atomic E-state index is 0.00322. The van der Waals surface area contributed by atoms with Crippen molar-refractivity contribution in [3.05, 3.63) is 28.2 Å². The van der Waals surface area contributed by atoms with Crippen LogP contribution < -0.4 is 21.9 Å². The minimum Gasteiger partial charge on any atom is -0.369 e. The van der Waals surface area contributed by atoms with E-state index in [1.807, 2.05) is 0 Å². The Kier molecular flexibility index (Phi) is 8.99. The van der Waals surface area contributed by atoms with Crippen molar-refractivity contribution in [2.45, 2.75) is 46.0 Å². The summed E-state index contributed by atoms with van der Waals surface area (Å²) in [6.07, 6.45) is 8.98. The van der Waals surface area contributed by atoms with Gasteiger partial charge in [-0.3, -0.25) is 19.0 Å². The lowest BCUT2D eigenvalue weighted by Crippen LogP contribution is -2.33. The zero-order valence-corrected chi connectivity index (χ0v) is 14.9. The van der Waals surface area contributed by atoms with Gasteiger partial charge in [-0.2, -0.15) is 4.98 Å². The highest BCUT2D eigenvalue weighted by Gasteiger charge is 2.02. The van der Waals surface area contributed by atoms with Crippen molar-refractivity contribution in [3.8, 4) is 0 Å². The number of nitrogens with two attached hydrogens (primary N) is 1. The molecule has 1 heterocycles. The van der Waals surface area contributed by atoms with Gasteiger partial charge in [0.1, 0.15) is 0 Å². The van der Waals surface area contributed by atoms with Gasteiger partial charge in [-0.05, 0) is 13.3 Å². The smallest absolute Gasteiger partial charge is 0.277 e. The van der Waals surface area contributed by atoms with Gasteiger partial charge in [0.15, 0.2) is 0 Å². The van der Waals surface area contributed by atoms with Gasteiger partial charge in [-0.15, -0.1) is 0 Å². The lowest BCUT2D eigenvalue weighted by Gasteiger charge is -2.06. The summed E-state index contributed by atoms with van der Waals surface area (Å²) < 4.78 is 1.40. The summed E-state index contributed by atoms with van der Waals surface area (Å²) >= 11 is 0. The average Bonchev–Trinajstić information content (AvgIpc) is 2.57. The third-order valence-corrected chi connectivity index (χ3v) is 3.54. The molecule has 0 aliphatic carbocycles. The van der Waals surface area contributed by atoms with Crippen LogP contribution in [0, 0.1) is 6.92 Å². The molecule has 1 aromatic rings. The van der Waals surface area contributed by atoms with Crippen molar-refractivity contribution in [1.29, 1.82) is 0 Å². The van der Waals surface area contributed by atoms with Gasteiger partial charge in [0.2, 0.25) is 17.8 Å². The van der Waals surface area contributed by atoms with Gasteiger partial charge in [0, 0.05) is 43.5 Å². The van der Waals surface area contributed by atoms with Crippen LogP contribution >= 0.6 is 0 Å². The van der Waals surface area contributed by atoms with Crippen molar-refractivity contribution in [2.24, 2.45) is 0 Å². The van der Waals surface area contributed by atoms with Gasteiger partial charge >= 0.3 is 0 Å². The number of amides is 2. The molecule has 0 aliphatic heterocycles. The summed E-state index contributed by atoms with van der Waals surface area (Å²) in [5.74, 6) is -0.314. The van der Waals surface area contributed by atoms with E-state index in [0.29, 0.717) is 25.1 Å². The quantitative estimate of drug-likeness (QED) is 0.426. The number of nitrogens with zero attached hydrogens (tertiary/aromatic N) is 2. The molecule has 25 heavy (non-hydrogen) atoms. The van der Waals surface area contributed by atoms with E-state index in [1.165, 1.54) is 23.0 Å². The maximum absolute atomic E-state index is 11.7. The number of unbranched alkanes of at least 4 members (excludes halogenated alkanes) is 3. The first kappa shape index (κ1) is 20.4. The predicted octanol–water partition coefficient (Wildman–Crippen LogP) is 0.807. The van der Waals surface area contributed by atoms with E-state index in [-0.39, 0.29) is 17.8 Å². The Labute approximate surface area is 147 Å². The number of nitrogens with one attached hydrogen (secondary N) is 2. The molecule has 0 atom stereocenters.